The van der Waals surface area contributed by atoms with Crippen molar-refractivity contribution in [3.8, 4) is 0 Å². The van der Waals surface area contributed by atoms with E-state index in [1.807, 2.05) is 13.8 Å². The number of aromatic nitrogens is 2. The first-order chi connectivity index (χ1) is 9.52. The Morgan fingerprint density at radius 3 is 2.55 bits per heavy atom. The molecule has 0 unspecified atom stereocenters. The molecule has 0 fully saturated rings. The summed E-state index contributed by atoms with van der Waals surface area (Å²) in [6.45, 7) is 4.04. The maximum Gasteiger partial charge on any atom is 0.140 e. The van der Waals surface area contributed by atoms with E-state index in [9.17, 15) is 8.78 Å². The van der Waals surface area contributed by atoms with Crippen LogP contribution in [0.25, 0.3) is 0 Å². The molecule has 6 heteroatoms. The van der Waals surface area contributed by atoms with Gasteiger partial charge in [0.05, 0.1) is 0 Å². The average Bonchev–Trinajstić information content (AvgIpc) is 2.41. The number of benzene rings is 1. The van der Waals surface area contributed by atoms with Gasteiger partial charge in [-0.25, -0.2) is 18.7 Å². The number of hydrogen-bond donors (Lipinski definition) is 1. The Bertz CT molecular complexity index is 617. The van der Waals surface area contributed by atoms with Gasteiger partial charge in [0.2, 0.25) is 0 Å². The lowest BCUT2D eigenvalue weighted by Crippen LogP contribution is -2.04. The molecule has 106 valence electrons. The topological polar surface area (TPSA) is 37.8 Å². The van der Waals surface area contributed by atoms with E-state index >= 15 is 0 Å². The molecule has 0 aliphatic carbocycles. The zero-order chi connectivity index (χ0) is 14.7. The van der Waals surface area contributed by atoms with Gasteiger partial charge >= 0.3 is 0 Å². The fraction of sp³-hybridized carbons (Fsp3) is 0.286. The van der Waals surface area contributed by atoms with E-state index in [0.717, 1.165) is 17.4 Å². The number of nitrogens with zero attached hydrogens (tertiary/aromatic N) is 2. The molecule has 1 aromatic carbocycles. The lowest BCUT2D eigenvalue weighted by Gasteiger charge is -2.15. The van der Waals surface area contributed by atoms with Gasteiger partial charge in [0.15, 0.2) is 0 Å². The van der Waals surface area contributed by atoms with Crippen molar-refractivity contribution >= 4 is 17.6 Å². The number of nitrogens with one attached hydrogen (secondary N) is 1. The number of halogens is 2. The SMILES string of the molecule is CNc1ncnc(Sc2ccc(F)cc2F)c1C(C)C. The third kappa shape index (κ3) is 3.07. The highest BCUT2D eigenvalue weighted by Gasteiger charge is 2.16. The summed E-state index contributed by atoms with van der Waals surface area (Å²) in [5, 5.41) is 3.68. The molecule has 3 nitrogen and oxygen atoms in total. The van der Waals surface area contributed by atoms with Gasteiger partial charge in [-0.3, -0.25) is 0 Å². The third-order valence-corrected chi connectivity index (χ3v) is 3.83. The Kier molecular flexibility index (Phi) is 4.54. The van der Waals surface area contributed by atoms with Crippen molar-refractivity contribution in [1.29, 1.82) is 0 Å². The molecule has 0 aliphatic heterocycles. The van der Waals surface area contributed by atoms with Crippen LogP contribution in [0.5, 0.6) is 0 Å². The van der Waals surface area contributed by atoms with E-state index in [1.165, 1.54) is 30.2 Å². The summed E-state index contributed by atoms with van der Waals surface area (Å²) >= 11 is 1.17. The van der Waals surface area contributed by atoms with Crippen LogP contribution in [0.1, 0.15) is 25.3 Å². The summed E-state index contributed by atoms with van der Waals surface area (Å²) < 4.78 is 26.7. The molecule has 1 N–H and O–H groups in total. The zero-order valence-corrected chi connectivity index (χ0v) is 12.3. The van der Waals surface area contributed by atoms with Gasteiger partial charge in [0, 0.05) is 23.6 Å². The largest absolute Gasteiger partial charge is 0.373 e. The van der Waals surface area contributed by atoms with Crippen molar-refractivity contribution < 1.29 is 8.78 Å². The zero-order valence-electron chi connectivity index (χ0n) is 11.4. The highest BCUT2D eigenvalue weighted by Crippen LogP contribution is 2.36. The fourth-order valence-corrected chi connectivity index (χ4v) is 2.89. The van der Waals surface area contributed by atoms with Gasteiger partial charge in [-0.15, -0.1) is 0 Å². The van der Waals surface area contributed by atoms with Crippen LogP contribution in [0, 0.1) is 11.6 Å². The molecule has 0 amide bonds. The Morgan fingerprint density at radius 1 is 1.20 bits per heavy atom. The van der Waals surface area contributed by atoms with E-state index in [1.54, 1.807) is 7.05 Å². The van der Waals surface area contributed by atoms with Crippen LogP contribution in [0.3, 0.4) is 0 Å². The van der Waals surface area contributed by atoms with Gasteiger partial charge in [-0.1, -0.05) is 25.6 Å². The standard InChI is InChI=1S/C14H15F2N3S/c1-8(2)12-13(17-3)18-7-19-14(12)20-11-5-4-9(15)6-10(11)16/h4-8H,1-3H3,(H,17,18,19). The van der Waals surface area contributed by atoms with Gasteiger partial charge < -0.3 is 5.32 Å². The van der Waals surface area contributed by atoms with E-state index in [4.69, 9.17) is 0 Å². The molecular formula is C14H15F2N3S. The van der Waals surface area contributed by atoms with Crippen LogP contribution in [0.15, 0.2) is 34.4 Å². The highest BCUT2D eigenvalue weighted by molar-refractivity contribution is 7.99. The molecular weight excluding hydrogens is 280 g/mol. The first-order valence-electron chi connectivity index (χ1n) is 6.18. The second-order valence-corrected chi connectivity index (χ2v) is 5.55. The first-order valence-corrected chi connectivity index (χ1v) is 7.00. The van der Waals surface area contributed by atoms with Crippen LogP contribution < -0.4 is 5.32 Å². The van der Waals surface area contributed by atoms with Crippen LogP contribution in [-0.4, -0.2) is 17.0 Å². The number of hydrogen-bond acceptors (Lipinski definition) is 4. The summed E-state index contributed by atoms with van der Waals surface area (Å²) in [6.07, 6.45) is 1.43. The van der Waals surface area contributed by atoms with Crippen molar-refractivity contribution in [2.45, 2.75) is 29.7 Å². The number of anilines is 1. The monoisotopic (exact) mass is 295 g/mol. The first kappa shape index (κ1) is 14.7. The third-order valence-electron chi connectivity index (χ3n) is 2.76. The molecule has 2 rings (SSSR count). The molecule has 0 bridgehead atoms. The minimum atomic E-state index is -0.589. The lowest BCUT2D eigenvalue weighted by molar-refractivity contribution is 0.565. The van der Waals surface area contributed by atoms with Crippen LogP contribution in [0.4, 0.5) is 14.6 Å². The minimum Gasteiger partial charge on any atom is -0.373 e. The van der Waals surface area contributed by atoms with E-state index in [2.05, 4.69) is 15.3 Å². The van der Waals surface area contributed by atoms with Gasteiger partial charge in [-0.05, 0) is 18.1 Å². The minimum absolute atomic E-state index is 0.185. The maximum atomic E-state index is 13.7. The molecule has 20 heavy (non-hydrogen) atoms. The molecule has 0 atom stereocenters. The van der Waals surface area contributed by atoms with Gasteiger partial charge in [-0.2, -0.15) is 0 Å². The Balaban J connectivity index is 2.43. The molecule has 0 radical (unpaired) electrons. The summed E-state index contributed by atoms with van der Waals surface area (Å²) in [7, 11) is 1.78. The van der Waals surface area contributed by atoms with Gasteiger partial charge in [0.25, 0.3) is 0 Å². The number of rotatable bonds is 4. The van der Waals surface area contributed by atoms with E-state index in [0.29, 0.717) is 9.92 Å². The molecule has 1 aromatic heterocycles. The second kappa shape index (κ2) is 6.17. The summed E-state index contributed by atoms with van der Waals surface area (Å²) in [5.41, 5.74) is 0.920. The lowest BCUT2D eigenvalue weighted by atomic mass is 10.1. The molecule has 0 aliphatic rings. The Morgan fingerprint density at radius 2 is 1.95 bits per heavy atom. The quantitative estimate of drug-likeness (QED) is 0.863. The van der Waals surface area contributed by atoms with Crippen LogP contribution in [-0.2, 0) is 0 Å². The van der Waals surface area contributed by atoms with E-state index in [-0.39, 0.29) is 5.92 Å². The van der Waals surface area contributed by atoms with E-state index < -0.39 is 11.6 Å². The Labute approximate surface area is 120 Å². The summed E-state index contributed by atoms with van der Waals surface area (Å²) in [6, 6.07) is 3.53. The van der Waals surface area contributed by atoms with Crippen LogP contribution >= 0.6 is 11.8 Å². The predicted octanol–water partition coefficient (Wildman–Crippen LogP) is 4.07. The fourth-order valence-electron chi connectivity index (χ4n) is 1.84. The molecule has 0 saturated heterocycles. The Hall–Kier alpha value is -1.69. The maximum absolute atomic E-state index is 13.7. The highest BCUT2D eigenvalue weighted by atomic mass is 32.2. The molecule has 2 aromatic rings. The predicted molar refractivity (Wildman–Crippen MR) is 76.1 cm³/mol. The van der Waals surface area contributed by atoms with Crippen LogP contribution in [0.2, 0.25) is 0 Å². The van der Waals surface area contributed by atoms with Crippen molar-refractivity contribution in [1.82, 2.24) is 9.97 Å². The van der Waals surface area contributed by atoms with Crippen molar-refractivity contribution in [2.24, 2.45) is 0 Å². The molecule has 0 spiro atoms. The van der Waals surface area contributed by atoms with Gasteiger partial charge in [0.1, 0.15) is 28.8 Å². The van der Waals surface area contributed by atoms with Crippen molar-refractivity contribution in [3.63, 3.8) is 0 Å². The summed E-state index contributed by atoms with van der Waals surface area (Å²) in [5.74, 6) is -0.270. The second-order valence-electron chi connectivity index (χ2n) is 4.52. The summed E-state index contributed by atoms with van der Waals surface area (Å²) in [4.78, 5) is 8.73. The van der Waals surface area contributed by atoms with Crippen molar-refractivity contribution in [3.05, 3.63) is 41.7 Å². The normalized spacial score (nSPS) is 10.9. The molecule has 1 heterocycles. The molecule has 0 saturated carbocycles. The average molecular weight is 295 g/mol. The smallest absolute Gasteiger partial charge is 0.140 e. The van der Waals surface area contributed by atoms with Crippen molar-refractivity contribution in [2.75, 3.05) is 12.4 Å².